The quantitative estimate of drug-likeness (QED) is 0.608. The van der Waals surface area contributed by atoms with Crippen molar-refractivity contribution in [2.45, 2.75) is 13.8 Å². The first-order valence-electron chi connectivity index (χ1n) is 7.58. The van der Waals surface area contributed by atoms with Gasteiger partial charge in [0, 0.05) is 45.0 Å². The molecule has 0 aliphatic carbocycles. The molecule has 24 heavy (non-hydrogen) atoms. The van der Waals surface area contributed by atoms with Crippen molar-refractivity contribution < 1.29 is 9.53 Å². The first kappa shape index (κ1) is 20.1. The Morgan fingerprint density at radius 1 is 1.33 bits per heavy atom. The molecule has 0 saturated heterocycles. The fourth-order valence-corrected chi connectivity index (χ4v) is 2.37. The molecule has 0 atom stereocenters. The number of carbonyl (C=O) groups is 1. The number of hydrogen-bond acceptors (Lipinski definition) is 5. The second-order valence-electron chi connectivity index (χ2n) is 5.33. The highest BCUT2D eigenvalue weighted by atomic mass is 35.5. The number of nitrogens with zero attached hydrogens (tertiary/aromatic N) is 3. The Hall–Kier alpha value is -1.90. The Morgan fingerprint density at radius 3 is 2.71 bits per heavy atom. The van der Waals surface area contributed by atoms with Crippen molar-refractivity contribution in [2.24, 2.45) is 7.05 Å². The predicted octanol–water partition coefficient (Wildman–Crippen LogP) is 0.815. The van der Waals surface area contributed by atoms with E-state index in [0.717, 1.165) is 29.2 Å². The largest absolute Gasteiger partial charge is 0.383 e. The number of aromatic nitrogens is 4. The Kier molecular flexibility index (Phi) is 7.90. The van der Waals surface area contributed by atoms with Gasteiger partial charge in [-0.15, -0.1) is 12.4 Å². The molecule has 9 heteroatoms. The molecule has 0 aromatic carbocycles. The smallest absolute Gasteiger partial charge is 0.269 e. The molecule has 2 aromatic heterocycles. The number of nitrogens with one attached hydrogen (secondary N) is 3. The van der Waals surface area contributed by atoms with Gasteiger partial charge in [-0.1, -0.05) is 0 Å². The van der Waals surface area contributed by atoms with Crippen LogP contribution in [0.5, 0.6) is 0 Å². The summed E-state index contributed by atoms with van der Waals surface area (Å²) in [6, 6.07) is 1.75. The lowest BCUT2D eigenvalue weighted by atomic mass is 10.1. The number of ether oxygens (including phenoxy) is 1. The van der Waals surface area contributed by atoms with Crippen LogP contribution in [0.1, 0.15) is 21.9 Å². The number of rotatable bonds is 8. The van der Waals surface area contributed by atoms with Crippen LogP contribution in [0, 0.1) is 13.8 Å². The van der Waals surface area contributed by atoms with Crippen LogP contribution in [0.2, 0.25) is 0 Å². The molecule has 2 heterocycles. The lowest BCUT2D eigenvalue weighted by molar-refractivity contribution is 0.0948. The summed E-state index contributed by atoms with van der Waals surface area (Å²) in [6.45, 7) is 6.57. The molecule has 0 fully saturated rings. The Bertz CT molecular complexity index is 667. The third-order valence-corrected chi connectivity index (χ3v) is 3.66. The van der Waals surface area contributed by atoms with Crippen LogP contribution in [0.25, 0.3) is 11.3 Å². The van der Waals surface area contributed by atoms with Gasteiger partial charge < -0.3 is 15.4 Å². The van der Waals surface area contributed by atoms with Crippen LogP contribution in [0.3, 0.4) is 0 Å². The molecular weight excluding hydrogens is 332 g/mol. The topological polar surface area (TPSA) is 96.9 Å². The minimum atomic E-state index is -0.170. The molecule has 2 rings (SSSR count). The monoisotopic (exact) mass is 356 g/mol. The van der Waals surface area contributed by atoms with Crippen molar-refractivity contribution >= 4 is 18.3 Å². The molecule has 1 amide bonds. The number of H-pyrrole nitrogens is 1. The molecule has 0 saturated carbocycles. The van der Waals surface area contributed by atoms with Crippen LogP contribution < -0.4 is 10.6 Å². The van der Waals surface area contributed by atoms with Crippen LogP contribution in [0.15, 0.2) is 6.07 Å². The first-order valence-corrected chi connectivity index (χ1v) is 7.58. The summed E-state index contributed by atoms with van der Waals surface area (Å²) in [5, 5.41) is 17.4. The van der Waals surface area contributed by atoms with E-state index in [2.05, 4.69) is 25.9 Å². The lowest BCUT2D eigenvalue weighted by Gasteiger charge is -2.05. The van der Waals surface area contributed by atoms with Gasteiger partial charge in [0.25, 0.3) is 5.91 Å². The van der Waals surface area contributed by atoms with Crippen molar-refractivity contribution in [1.82, 2.24) is 30.6 Å². The zero-order chi connectivity index (χ0) is 16.8. The molecular formula is C15H25ClN6O2. The van der Waals surface area contributed by atoms with E-state index in [4.69, 9.17) is 4.74 Å². The molecule has 0 aliphatic rings. The van der Waals surface area contributed by atoms with Crippen molar-refractivity contribution in [2.75, 3.05) is 33.4 Å². The SMILES string of the molecule is COCCNCCNC(=O)c1cc(-c2c(C)nn(C)c2C)n[nH]1.Cl. The highest BCUT2D eigenvalue weighted by molar-refractivity contribution is 5.93. The van der Waals surface area contributed by atoms with Gasteiger partial charge in [-0.3, -0.25) is 14.6 Å². The Morgan fingerprint density at radius 2 is 2.08 bits per heavy atom. The van der Waals surface area contributed by atoms with Gasteiger partial charge in [-0.2, -0.15) is 10.2 Å². The number of aromatic amines is 1. The standard InChI is InChI=1S/C15H24N6O2.ClH/c1-10-14(11(2)21(3)20-10)12-9-13(19-18-12)15(22)17-6-5-16-7-8-23-4;/h9,16H,5-8H2,1-4H3,(H,17,22)(H,18,19);1H. The fourth-order valence-electron chi connectivity index (χ4n) is 2.37. The number of halogens is 1. The van der Waals surface area contributed by atoms with Gasteiger partial charge in [-0.05, 0) is 19.9 Å². The summed E-state index contributed by atoms with van der Waals surface area (Å²) < 4.78 is 6.74. The Balaban J connectivity index is 0.00000288. The van der Waals surface area contributed by atoms with E-state index in [1.165, 1.54) is 0 Å². The average Bonchev–Trinajstić information content (AvgIpc) is 3.08. The van der Waals surface area contributed by atoms with E-state index in [-0.39, 0.29) is 18.3 Å². The molecule has 2 aromatic rings. The van der Waals surface area contributed by atoms with Gasteiger partial charge in [0.1, 0.15) is 5.69 Å². The molecule has 0 radical (unpaired) electrons. The normalized spacial score (nSPS) is 10.5. The van der Waals surface area contributed by atoms with Crippen molar-refractivity contribution in [3.05, 3.63) is 23.1 Å². The van der Waals surface area contributed by atoms with Gasteiger partial charge in [0.05, 0.1) is 18.0 Å². The zero-order valence-electron chi connectivity index (χ0n) is 14.5. The summed E-state index contributed by atoms with van der Waals surface area (Å²) in [5.41, 5.74) is 4.05. The van der Waals surface area contributed by atoms with E-state index < -0.39 is 0 Å². The second-order valence-corrected chi connectivity index (χ2v) is 5.33. The minimum Gasteiger partial charge on any atom is -0.383 e. The van der Waals surface area contributed by atoms with Gasteiger partial charge in [-0.25, -0.2) is 0 Å². The minimum absolute atomic E-state index is 0. The maximum atomic E-state index is 12.1. The number of hydrogen-bond donors (Lipinski definition) is 3. The van der Waals surface area contributed by atoms with Crippen LogP contribution in [0.4, 0.5) is 0 Å². The summed E-state index contributed by atoms with van der Waals surface area (Å²) >= 11 is 0. The van der Waals surface area contributed by atoms with E-state index >= 15 is 0 Å². The van der Waals surface area contributed by atoms with Crippen LogP contribution in [-0.2, 0) is 11.8 Å². The predicted molar refractivity (Wildman–Crippen MR) is 94.6 cm³/mol. The summed E-state index contributed by atoms with van der Waals surface area (Å²) in [7, 11) is 3.55. The molecule has 0 spiro atoms. The summed E-state index contributed by atoms with van der Waals surface area (Å²) in [5.74, 6) is -0.170. The Labute approximate surface area is 147 Å². The van der Waals surface area contributed by atoms with Gasteiger partial charge in [0.15, 0.2) is 0 Å². The lowest BCUT2D eigenvalue weighted by Crippen LogP contribution is -2.33. The van der Waals surface area contributed by atoms with E-state index in [9.17, 15) is 4.79 Å². The van der Waals surface area contributed by atoms with Crippen molar-refractivity contribution in [3.8, 4) is 11.3 Å². The van der Waals surface area contributed by atoms with E-state index in [1.54, 1.807) is 13.2 Å². The highest BCUT2D eigenvalue weighted by Crippen LogP contribution is 2.24. The van der Waals surface area contributed by atoms with Crippen molar-refractivity contribution in [3.63, 3.8) is 0 Å². The maximum absolute atomic E-state index is 12.1. The number of methoxy groups -OCH3 is 1. The zero-order valence-corrected chi connectivity index (χ0v) is 15.3. The summed E-state index contributed by atoms with van der Waals surface area (Å²) in [4.78, 5) is 12.1. The third-order valence-electron chi connectivity index (χ3n) is 3.66. The maximum Gasteiger partial charge on any atom is 0.269 e. The first-order chi connectivity index (χ1) is 11.0. The van der Waals surface area contributed by atoms with Crippen LogP contribution >= 0.6 is 12.4 Å². The van der Waals surface area contributed by atoms with Gasteiger partial charge in [0.2, 0.25) is 0 Å². The highest BCUT2D eigenvalue weighted by Gasteiger charge is 2.16. The van der Waals surface area contributed by atoms with E-state index in [1.807, 2.05) is 25.6 Å². The van der Waals surface area contributed by atoms with Crippen LogP contribution in [-0.4, -0.2) is 59.2 Å². The number of aryl methyl sites for hydroxylation is 2. The average molecular weight is 357 g/mol. The fraction of sp³-hybridized carbons (Fsp3) is 0.533. The van der Waals surface area contributed by atoms with E-state index in [0.29, 0.717) is 25.4 Å². The molecule has 3 N–H and O–H groups in total. The summed E-state index contributed by atoms with van der Waals surface area (Å²) in [6.07, 6.45) is 0. The molecule has 0 unspecified atom stereocenters. The van der Waals surface area contributed by atoms with Gasteiger partial charge >= 0.3 is 0 Å². The third kappa shape index (κ3) is 4.80. The molecule has 0 bridgehead atoms. The number of amides is 1. The molecule has 134 valence electrons. The van der Waals surface area contributed by atoms with Crippen molar-refractivity contribution in [1.29, 1.82) is 0 Å². The number of carbonyl (C=O) groups excluding carboxylic acids is 1. The molecule has 0 aliphatic heterocycles. The second kappa shape index (κ2) is 9.41. The molecule has 8 nitrogen and oxygen atoms in total.